The Bertz CT molecular complexity index is 1940. The monoisotopic (exact) mass is 599 g/mol. The Morgan fingerprint density at radius 2 is 1.79 bits per heavy atom. The van der Waals surface area contributed by atoms with Gasteiger partial charge in [0.15, 0.2) is 4.80 Å². The van der Waals surface area contributed by atoms with E-state index in [4.69, 9.17) is 9.73 Å². The number of amides is 1. The SMILES string of the molecule is CCN(CC)C(=O)C1=C(C)N=c2s/c(=C/c3cc(C)n(-c4ccc([N+](=O)[O-])cc4)c3C)c(=O)n2[C@@H]1c1ccccc1OC. The minimum Gasteiger partial charge on any atom is -0.496 e. The van der Waals surface area contributed by atoms with Crippen molar-refractivity contribution in [3.05, 3.63) is 118 Å². The lowest BCUT2D eigenvalue weighted by molar-refractivity contribution is -0.384. The number of thiazole rings is 1. The summed E-state index contributed by atoms with van der Waals surface area (Å²) in [5.41, 5.74) is 4.91. The molecule has 2 aromatic carbocycles. The Morgan fingerprint density at radius 3 is 2.42 bits per heavy atom. The number of fused-ring (bicyclic) bond motifs is 1. The number of methoxy groups -OCH3 is 1. The van der Waals surface area contributed by atoms with Gasteiger partial charge in [0.05, 0.1) is 27.8 Å². The third kappa shape index (κ3) is 5.20. The quantitative estimate of drug-likeness (QED) is 0.220. The Labute approximate surface area is 252 Å². The number of aromatic nitrogens is 2. The van der Waals surface area contributed by atoms with E-state index in [0.717, 1.165) is 22.6 Å². The summed E-state index contributed by atoms with van der Waals surface area (Å²) in [4.78, 5) is 45.7. The number of likely N-dealkylation sites (N-methyl/N-ethyl adjacent to an activating group) is 1. The van der Waals surface area contributed by atoms with E-state index in [1.165, 1.54) is 23.5 Å². The number of nitro groups is 1. The number of non-ortho nitro benzene ring substituents is 1. The lowest BCUT2D eigenvalue weighted by Gasteiger charge is -2.29. The normalized spacial score (nSPS) is 14.8. The van der Waals surface area contributed by atoms with Crippen LogP contribution in [0.25, 0.3) is 11.8 Å². The number of allylic oxidation sites excluding steroid dienone is 1. The average Bonchev–Trinajstić information content (AvgIpc) is 3.46. The van der Waals surface area contributed by atoms with Crippen LogP contribution in [0.1, 0.15) is 49.3 Å². The topological polar surface area (TPSA) is 112 Å². The van der Waals surface area contributed by atoms with Crippen molar-refractivity contribution in [1.29, 1.82) is 0 Å². The summed E-state index contributed by atoms with van der Waals surface area (Å²) in [5.74, 6) is 0.413. The van der Waals surface area contributed by atoms with E-state index in [1.54, 1.807) is 28.7 Å². The maximum atomic E-state index is 14.2. The summed E-state index contributed by atoms with van der Waals surface area (Å²) in [5, 5.41) is 11.1. The molecule has 3 heterocycles. The maximum absolute atomic E-state index is 14.2. The number of nitro benzene ring substituents is 1. The van der Waals surface area contributed by atoms with E-state index in [0.29, 0.717) is 45.0 Å². The van der Waals surface area contributed by atoms with Crippen molar-refractivity contribution in [2.75, 3.05) is 20.2 Å². The molecule has 1 aliphatic rings. The summed E-state index contributed by atoms with van der Waals surface area (Å²) in [7, 11) is 1.58. The third-order valence-electron chi connectivity index (χ3n) is 7.81. The molecule has 1 atom stereocenters. The molecule has 0 N–H and O–H groups in total. The number of benzene rings is 2. The molecule has 0 bridgehead atoms. The van der Waals surface area contributed by atoms with Crippen LogP contribution in [0.2, 0.25) is 0 Å². The first-order valence-electron chi connectivity index (χ1n) is 14.0. The highest BCUT2D eigenvalue weighted by Crippen LogP contribution is 2.36. The molecule has 0 fully saturated rings. The lowest BCUT2D eigenvalue weighted by Crippen LogP contribution is -2.43. The average molecular weight is 600 g/mol. The molecular formula is C32H33N5O5S. The van der Waals surface area contributed by atoms with Crippen LogP contribution in [0.5, 0.6) is 5.75 Å². The van der Waals surface area contributed by atoms with Gasteiger partial charge in [0, 0.05) is 47.9 Å². The first kappa shape index (κ1) is 29.7. The van der Waals surface area contributed by atoms with Crippen molar-refractivity contribution in [2.45, 2.75) is 40.7 Å². The van der Waals surface area contributed by atoms with Crippen molar-refractivity contribution in [1.82, 2.24) is 14.0 Å². The van der Waals surface area contributed by atoms with Gasteiger partial charge in [-0.05, 0) is 70.5 Å². The Hall–Kier alpha value is -4.77. The maximum Gasteiger partial charge on any atom is 0.271 e. The summed E-state index contributed by atoms with van der Waals surface area (Å²) in [6, 6.07) is 15.1. The standard InChI is InChI=1S/C32H33N5O5S/c1-7-34(8-2)31(39)28-20(4)33-32-36(29(28)25-11-9-10-12-26(25)42-6)30(38)27(43-32)18-22-17-19(3)35(21(22)5)23-13-15-24(16-14-23)37(40)41/h9-18,29H,7-8H2,1-6H3/b27-18+/t29-/m1/s1. The zero-order valence-corrected chi connectivity index (χ0v) is 25.8. The Balaban J connectivity index is 1.69. The van der Waals surface area contributed by atoms with E-state index in [2.05, 4.69) is 0 Å². The number of aryl methyl sites for hydroxylation is 1. The van der Waals surface area contributed by atoms with E-state index in [9.17, 15) is 19.7 Å². The molecule has 0 saturated carbocycles. The molecule has 11 heteroatoms. The number of hydrogen-bond donors (Lipinski definition) is 0. The highest BCUT2D eigenvalue weighted by atomic mass is 32.1. The van der Waals surface area contributed by atoms with Gasteiger partial charge >= 0.3 is 0 Å². The Kier molecular flexibility index (Phi) is 8.19. The number of rotatable bonds is 8. The molecule has 0 unspecified atom stereocenters. The van der Waals surface area contributed by atoms with Crippen molar-refractivity contribution >= 4 is 29.0 Å². The van der Waals surface area contributed by atoms with Gasteiger partial charge in [0.1, 0.15) is 11.8 Å². The lowest BCUT2D eigenvalue weighted by atomic mass is 9.94. The third-order valence-corrected chi connectivity index (χ3v) is 8.79. The van der Waals surface area contributed by atoms with Crippen LogP contribution in [-0.4, -0.2) is 45.1 Å². The van der Waals surface area contributed by atoms with Crippen molar-refractivity contribution < 1.29 is 14.5 Å². The number of nitrogens with zero attached hydrogens (tertiary/aromatic N) is 5. The molecule has 10 nitrogen and oxygen atoms in total. The molecular weight excluding hydrogens is 566 g/mol. The number of carbonyl (C=O) groups excluding carboxylic acids is 1. The molecule has 0 radical (unpaired) electrons. The summed E-state index contributed by atoms with van der Waals surface area (Å²) < 4.78 is 9.77. The predicted octanol–water partition coefficient (Wildman–Crippen LogP) is 4.43. The van der Waals surface area contributed by atoms with Crippen LogP contribution in [0.3, 0.4) is 0 Å². The minimum atomic E-state index is -0.713. The van der Waals surface area contributed by atoms with Gasteiger partial charge in [-0.1, -0.05) is 29.5 Å². The first-order valence-corrected chi connectivity index (χ1v) is 14.8. The van der Waals surface area contributed by atoms with Gasteiger partial charge in [0.2, 0.25) is 0 Å². The highest BCUT2D eigenvalue weighted by Gasteiger charge is 2.35. The smallest absolute Gasteiger partial charge is 0.271 e. The molecule has 0 spiro atoms. The summed E-state index contributed by atoms with van der Waals surface area (Å²) in [6.45, 7) is 10.6. The molecule has 1 amide bonds. The number of carbonyl (C=O) groups is 1. The summed E-state index contributed by atoms with van der Waals surface area (Å²) >= 11 is 1.27. The number of para-hydroxylation sites is 1. The second-order valence-electron chi connectivity index (χ2n) is 10.2. The number of ether oxygens (including phenoxy) is 1. The van der Waals surface area contributed by atoms with Crippen LogP contribution in [0.15, 0.2) is 75.7 Å². The fourth-order valence-corrected chi connectivity index (χ4v) is 6.70. The second kappa shape index (κ2) is 11.8. The van der Waals surface area contributed by atoms with E-state index in [1.807, 2.05) is 75.6 Å². The van der Waals surface area contributed by atoms with Crippen LogP contribution in [0, 0.1) is 24.0 Å². The minimum absolute atomic E-state index is 0.0197. The molecule has 222 valence electrons. The van der Waals surface area contributed by atoms with Crippen LogP contribution in [-0.2, 0) is 4.79 Å². The molecule has 43 heavy (non-hydrogen) atoms. The predicted molar refractivity (Wildman–Crippen MR) is 167 cm³/mol. The molecule has 1 aliphatic heterocycles. The van der Waals surface area contributed by atoms with Crippen LogP contribution in [0.4, 0.5) is 5.69 Å². The zero-order valence-electron chi connectivity index (χ0n) is 25.0. The Morgan fingerprint density at radius 1 is 1.12 bits per heavy atom. The van der Waals surface area contributed by atoms with Gasteiger partial charge in [-0.3, -0.25) is 24.3 Å². The van der Waals surface area contributed by atoms with Crippen molar-refractivity contribution in [3.8, 4) is 11.4 Å². The van der Waals surface area contributed by atoms with E-state index >= 15 is 0 Å². The fourth-order valence-electron chi connectivity index (χ4n) is 5.66. The van der Waals surface area contributed by atoms with Gasteiger partial charge in [-0.15, -0.1) is 0 Å². The van der Waals surface area contributed by atoms with Crippen LogP contribution < -0.4 is 19.6 Å². The molecule has 4 aromatic rings. The van der Waals surface area contributed by atoms with Crippen molar-refractivity contribution in [2.24, 2.45) is 4.99 Å². The van der Waals surface area contributed by atoms with Crippen molar-refractivity contribution in [3.63, 3.8) is 0 Å². The molecule has 5 rings (SSSR count). The largest absolute Gasteiger partial charge is 0.496 e. The van der Waals surface area contributed by atoms with Gasteiger partial charge < -0.3 is 14.2 Å². The molecule has 0 aliphatic carbocycles. The summed E-state index contributed by atoms with van der Waals surface area (Å²) in [6.07, 6.45) is 1.85. The number of hydrogen-bond acceptors (Lipinski definition) is 7. The van der Waals surface area contributed by atoms with Gasteiger partial charge in [-0.2, -0.15) is 0 Å². The first-order chi connectivity index (χ1) is 20.6. The van der Waals surface area contributed by atoms with Crippen LogP contribution >= 0.6 is 11.3 Å². The highest BCUT2D eigenvalue weighted by molar-refractivity contribution is 7.07. The van der Waals surface area contributed by atoms with E-state index in [-0.39, 0.29) is 17.2 Å². The molecule has 0 saturated heterocycles. The molecule has 2 aromatic heterocycles. The van der Waals surface area contributed by atoms with Gasteiger partial charge in [0.25, 0.3) is 17.2 Å². The van der Waals surface area contributed by atoms with E-state index < -0.39 is 11.0 Å². The fraction of sp³-hybridized carbons (Fsp3) is 0.281. The zero-order chi connectivity index (χ0) is 31.0. The van der Waals surface area contributed by atoms with Gasteiger partial charge in [-0.25, -0.2) is 4.99 Å². The second-order valence-corrected chi connectivity index (χ2v) is 11.2.